The van der Waals surface area contributed by atoms with E-state index >= 15 is 0 Å². The number of aliphatic hydroxyl groups is 1. The van der Waals surface area contributed by atoms with Gasteiger partial charge >= 0.3 is 0 Å². The molecule has 1 heterocycles. The molecule has 4 atom stereocenters. The van der Waals surface area contributed by atoms with E-state index in [9.17, 15) is 29.0 Å². The first kappa shape index (κ1) is 28.7. The Morgan fingerprint density at radius 1 is 1.05 bits per heavy atom. The first-order chi connectivity index (χ1) is 19.1. The molecule has 0 bridgehead atoms. The lowest BCUT2D eigenvalue weighted by Gasteiger charge is -2.30. The van der Waals surface area contributed by atoms with Crippen molar-refractivity contribution in [1.29, 1.82) is 0 Å². The van der Waals surface area contributed by atoms with Crippen molar-refractivity contribution in [3.8, 4) is 5.75 Å². The predicted octanol–water partition coefficient (Wildman–Crippen LogP) is 1.79. The molecule has 0 aliphatic carbocycles. The van der Waals surface area contributed by atoms with Crippen LogP contribution in [0.15, 0.2) is 72.8 Å². The topological polar surface area (TPSA) is 145 Å². The van der Waals surface area contributed by atoms with E-state index in [1.807, 2.05) is 18.2 Å². The van der Waals surface area contributed by atoms with Crippen molar-refractivity contribution >= 4 is 17.7 Å². The molecule has 6 N–H and O–H groups in total. The number of carbonyl (C=O) groups is 3. The summed E-state index contributed by atoms with van der Waals surface area (Å²) in [4.78, 5) is 41.0. The Kier molecular flexibility index (Phi) is 9.13. The lowest BCUT2D eigenvalue weighted by Crippen LogP contribution is -2.55. The van der Waals surface area contributed by atoms with Gasteiger partial charge in [-0.2, -0.15) is 0 Å². The first-order valence-electron chi connectivity index (χ1n) is 13.0. The van der Waals surface area contributed by atoms with Gasteiger partial charge < -0.3 is 31.5 Å². The second-order valence-corrected chi connectivity index (χ2v) is 10.0. The molecule has 0 spiro atoms. The second-order valence-electron chi connectivity index (χ2n) is 10.0. The van der Waals surface area contributed by atoms with Gasteiger partial charge in [-0.3, -0.25) is 14.4 Å². The van der Waals surface area contributed by atoms with E-state index in [1.54, 1.807) is 25.1 Å². The third-order valence-electron chi connectivity index (χ3n) is 7.07. The number of aliphatic hydroxyl groups excluding tert-OH is 1. The summed E-state index contributed by atoms with van der Waals surface area (Å²) in [6.07, 6.45) is -1.37. The average Bonchev–Trinajstić information content (AvgIpc) is 3.34. The molecule has 10 heteroatoms. The number of rotatable bonds is 9. The van der Waals surface area contributed by atoms with Crippen molar-refractivity contribution in [3.05, 3.63) is 101 Å². The molecule has 3 amide bonds. The largest absolute Gasteiger partial charge is 0.508 e. The van der Waals surface area contributed by atoms with Gasteiger partial charge in [-0.25, -0.2) is 4.39 Å². The van der Waals surface area contributed by atoms with Crippen LogP contribution in [0.4, 0.5) is 4.39 Å². The molecule has 3 aromatic rings. The van der Waals surface area contributed by atoms with Crippen LogP contribution in [0, 0.1) is 12.7 Å². The van der Waals surface area contributed by atoms with Crippen LogP contribution in [0.3, 0.4) is 0 Å². The van der Waals surface area contributed by atoms with Gasteiger partial charge in [-0.15, -0.1) is 0 Å². The molecule has 3 aromatic carbocycles. The van der Waals surface area contributed by atoms with Crippen LogP contribution in [-0.2, 0) is 22.6 Å². The van der Waals surface area contributed by atoms with E-state index in [1.165, 1.54) is 41.3 Å². The summed E-state index contributed by atoms with van der Waals surface area (Å²) in [6, 6.07) is 16.9. The van der Waals surface area contributed by atoms with Crippen LogP contribution in [0.2, 0.25) is 0 Å². The fraction of sp³-hybridized carbons (Fsp3) is 0.300. The molecule has 40 heavy (non-hydrogen) atoms. The summed E-state index contributed by atoms with van der Waals surface area (Å²) < 4.78 is 13.5. The van der Waals surface area contributed by atoms with Crippen LogP contribution in [0.1, 0.15) is 33.5 Å². The number of carbonyl (C=O) groups excluding carboxylic acids is 3. The van der Waals surface area contributed by atoms with Crippen LogP contribution in [0.5, 0.6) is 5.75 Å². The van der Waals surface area contributed by atoms with Gasteiger partial charge in [0.2, 0.25) is 5.91 Å². The minimum absolute atomic E-state index is 0.0472. The highest BCUT2D eigenvalue weighted by Crippen LogP contribution is 2.22. The van der Waals surface area contributed by atoms with E-state index < -0.39 is 47.8 Å². The zero-order chi connectivity index (χ0) is 28.8. The molecule has 9 nitrogen and oxygen atoms in total. The molecule has 4 unspecified atom stereocenters. The molecule has 0 saturated carbocycles. The second kappa shape index (κ2) is 12.7. The Balaban J connectivity index is 1.52. The molecule has 0 aromatic heterocycles. The highest BCUT2D eigenvalue weighted by molar-refractivity contribution is 5.97. The monoisotopic (exact) mass is 548 g/mol. The molecule has 210 valence electrons. The molecule has 1 saturated heterocycles. The fourth-order valence-corrected chi connectivity index (χ4v) is 4.88. The van der Waals surface area contributed by atoms with Gasteiger partial charge in [0, 0.05) is 30.3 Å². The summed E-state index contributed by atoms with van der Waals surface area (Å²) in [7, 11) is 0. The van der Waals surface area contributed by atoms with E-state index in [-0.39, 0.29) is 37.2 Å². The number of nitrogens with zero attached hydrogens (tertiary/aromatic N) is 1. The minimum atomic E-state index is -1.69. The maximum absolute atomic E-state index is 13.6. The number of halogens is 1. The van der Waals surface area contributed by atoms with Gasteiger partial charge in [0.1, 0.15) is 17.6 Å². The van der Waals surface area contributed by atoms with Crippen LogP contribution >= 0.6 is 0 Å². The third-order valence-corrected chi connectivity index (χ3v) is 7.07. The predicted molar refractivity (Wildman–Crippen MR) is 147 cm³/mol. The number of phenolic OH excluding ortho intramolecular Hbond substituents is 1. The number of nitrogens with two attached hydrogens (primary N) is 1. The number of benzene rings is 3. The highest BCUT2D eigenvalue weighted by Gasteiger charge is 2.42. The summed E-state index contributed by atoms with van der Waals surface area (Å²) >= 11 is 0. The first-order valence-corrected chi connectivity index (χ1v) is 13.0. The maximum atomic E-state index is 13.6. The van der Waals surface area contributed by atoms with Gasteiger partial charge in [0.15, 0.2) is 6.10 Å². The van der Waals surface area contributed by atoms with Gasteiger partial charge in [0.25, 0.3) is 11.8 Å². The maximum Gasteiger partial charge on any atom is 0.254 e. The van der Waals surface area contributed by atoms with Gasteiger partial charge in [-0.1, -0.05) is 48.5 Å². The van der Waals surface area contributed by atoms with Gasteiger partial charge in [-0.05, 0) is 55.2 Å². The smallest absolute Gasteiger partial charge is 0.254 e. The van der Waals surface area contributed by atoms with E-state index in [0.717, 1.165) is 5.56 Å². The van der Waals surface area contributed by atoms with Crippen molar-refractivity contribution < 1.29 is 29.0 Å². The molecular weight excluding hydrogens is 515 g/mol. The summed E-state index contributed by atoms with van der Waals surface area (Å²) in [5, 5.41) is 26.8. The van der Waals surface area contributed by atoms with Crippen molar-refractivity contribution in [3.63, 3.8) is 0 Å². The Labute approximate surface area is 231 Å². The number of amides is 3. The van der Waals surface area contributed by atoms with Crippen LogP contribution in [-0.4, -0.2) is 63.6 Å². The van der Waals surface area contributed by atoms with E-state index in [2.05, 4.69) is 10.6 Å². The Morgan fingerprint density at radius 2 is 1.75 bits per heavy atom. The highest BCUT2D eigenvalue weighted by atomic mass is 19.1. The normalized spacial score (nSPS) is 18.1. The minimum Gasteiger partial charge on any atom is -0.508 e. The summed E-state index contributed by atoms with van der Waals surface area (Å²) in [5.74, 6) is -2.27. The average molecular weight is 549 g/mol. The number of hydrogen-bond acceptors (Lipinski definition) is 6. The number of phenols is 1. The molecule has 1 aliphatic rings. The summed E-state index contributed by atoms with van der Waals surface area (Å²) in [6.45, 7) is 1.70. The number of nitrogens with one attached hydrogen (secondary N) is 2. The van der Waals surface area contributed by atoms with Crippen LogP contribution < -0.4 is 16.4 Å². The molecule has 4 rings (SSSR count). The quantitative estimate of drug-likeness (QED) is 0.276. The standard InChI is InChI=1S/C30H33FN4O5/c1-18-23(11-6-12-26(18)36)28(38)34-24(14-19-7-3-2-4-8-19)27(37)30(40)35-17-22(32)15-25(35)29(39)33-16-20-9-5-10-21(31)13-20/h2-13,22,24-25,27,36-37H,14-17,32H2,1H3,(H,33,39)(H,34,38). The van der Waals surface area contributed by atoms with Crippen molar-refractivity contribution in [2.45, 2.75) is 50.5 Å². The van der Waals surface area contributed by atoms with Crippen molar-refractivity contribution in [2.24, 2.45) is 5.73 Å². The molecule has 1 aliphatic heterocycles. The lowest BCUT2D eigenvalue weighted by atomic mass is 9.98. The fourth-order valence-electron chi connectivity index (χ4n) is 4.88. The molecule has 1 fully saturated rings. The lowest BCUT2D eigenvalue weighted by molar-refractivity contribution is -0.146. The van der Waals surface area contributed by atoms with Crippen LogP contribution in [0.25, 0.3) is 0 Å². The SMILES string of the molecule is Cc1c(O)cccc1C(=O)NC(Cc1ccccc1)C(O)C(=O)N1CC(N)CC1C(=O)NCc1cccc(F)c1. The molecule has 0 radical (unpaired) electrons. The molecular formula is C30H33FN4O5. The summed E-state index contributed by atoms with van der Waals surface area (Å²) in [5.41, 5.74) is 8.00. The van der Waals surface area contributed by atoms with E-state index in [0.29, 0.717) is 11.1 Å². The van der Waals surface area contributed by atoms with Crippen molar-refractivity contribution in [1.82, 2.24) is 15.5 Å². The Morgan fingerprint density at radius 3 is 2.48 bits per heavy atom. The Bertz CT molecular complexity index is 1370. The number of hydrogen-bond donors (Lipinski definition) is 5. The van der Waals surface area contributed by atoms with Gasteiger partial charge in [0.05, 0.1) is 6.04 Å². The van der Waals surface area contributed by atoms with E-state index in [4.69, 9.17) is 5.73 Å². The number of aromatic hydroxyl groups is 1. The zero-order valence-corrected chi connectivity index (χ0v) is 22.1. The number of likely N-dealkylation sites (tertiary alicyclic amines) is 1. The zero-order valence-electron chi connectivity index (χ0n) is 22.1. The third kappa shape index (κ3) is 6.83. The Hall–Kier alpha value is -4.28. The van der Waals surface area contributed by atoms with Crippen molar-refractivity contribution in [2.75, 3.05) is 6.54 Å².